The minimum absolute atomic E-state index is 0.148. The molecule has 2 heteroatoms. The normalized spacial score (nSPS) is 13.1. The van der Waals surface area contributed by atoms with Gasteiger partial charge in [-0.15, -0.1) is 0 Å². The van der Waals surface area contributed by atoms with Gasteiger partial charge >= 0.3 is 0 Å². The Morgan fingerprint density at radius 1 is 1.00 bits per heavy atom. The summed E-state index contributed by atoms with van der Waals surface area (Å²) < 4.78 is 0. The van der Waals surface area contributed by atoms with E-state index in [9.17, 15) is 0 Å². The van der Waals surface area contributed by atoms with Gasteiger partial charge in [0.2, 0.25) is 0 Å². The summed E-state index contributed by atoms with van der Waals surface area (Å²) in [7, 11) is 0. The summed E-state index contributed by atoms with van der Waals surface area (Å²) in [6.45, 7) is 2.13. The minimum atomic E-state index is 0.148. The molecule has 0 aliphatic carbocycles. The number of benzene rings is 2. The number of nitrogens with one attached hydrogen (secondary N) is 1. The Hall–Kier alpha value is -2.35. The van der Waals surface area contributed by atoms with Gasteiger partial charge in [-0.25, -0.2) is 0 Å². The van der Waals surface area contributed by atoms with Gasteiger partial charge in [0.1, 0.15) is 0 Å². The molecule has 94 valence electrons. The van der Waals surface area contributed by atoms with Gasteiger partial charge in [0, 0.05) is 12.4 Å². The van der Waals surface area contributed by atoms with E-state index < -0.39 is 0 Å². The van der Waals surface area contributed by atoms with Crippen molar-refractivity contribution in [1.82, 2.24) is 4.98 Å². The molecule has 0 spiro atoms. The highest BCUT2D eigenvalue weighted by Gasteiger charge is 2.06. The molecule has 0 amide bonds. The van der Waals surface area contributed by atoms with Crippen LogP contribution in [0.5, 0.6) is 0 Å². The van der Waals surface area contributed by atoms with Gasteiger partial charge in [0.15, 0.2) is 0 Å². The lowest BCUT2D eigenvalue weighted by Crippen LogP contribution is -1.93. The van der Waals surface area contributed by atoms with Crippen molar-refractivity contribution in [1.29, 1.82) is 0 Å². The Labute approximate surface area is 112 Å². The van der Waals surface area contributed by atoms with E-state index in [1.165, 1.54) is 16.3 Å². The predicted molar refractivity (Wildman–Crippen MR) is 80.7 cm³/mol. The Balaban J connectivity index is 1.95. The lowest BCUT2D eigenvalue weighted by molar-refractivity contribution is 0.833. The molecule has 0 saturated carbocycles. The largest absolute Gasteiger partial charge is 0.360 e. The molecule has 0 aliphatic heterocycles. The third-order valence-electron chi connectivity index (χ3n) is 3.33. The lowest BCUT2D eigenvalue weighted by atomic mass is 10.0. The van der Waals surface area contributed by atoms with Crippen molar-refractivity contribution in [2.24, 2.45) is 4.99 Å². The zero-order chi connectivity index (χ0) is 13.1. The molecule has 0 bridgehead atoms. The summed E-state index contributed by atoms with van der Waals surface area (Å²) in [5.74, 6) is 0. The van der Waals surface area contributed by atoms with E-state index in [1.54, 1.807) is 0 Å². The van der Waals surface area contributed by atoms with Crippen LogP contribution in [0, 0.1) is 0 Å². The predicted octanol–water partition coefficient (Wildman–Crippen LogP) is 4.35. The number of aromatic amines is 1. The molecule has 1 unspecified atom stereocenters. The van der Waals surface area contributed by atoms with Crippen molar-refractivity contribution < 1.29 is 0 Å². The maximum absolute atomic E-state index is 4.63. The Morgan fingerprint density at radius 3 is 2.68 bits per heavy atom. The summed E-state index contributed by atoms with van der Waals surface area (Å²) in [4.78, 5) is 7.76. The fourth-order valence-corrected chi connectivity index (χ4v) is 2.31. The zero-order valence-electron chi connectivity index (χ0n) is 10.9. The van der Waals surface area contributed by atoms with Crippen LogP contribution in [-0.2, 0) is 0 Å². The summed E-state index contributed by atoms with van der Waals surface area (Å²) in [5, 5.41) is 2.54. The van der Waals surface area contributed by atoms with Gasteiger partial charge in [-0.05, 0) is 35.4 Å². The molecular formula is C17H16N2. The standard InChI is InChI=1S/C17H16N2/c1-13(19-12-15-8-5-11-18-15)16-10-4-7-14-6-2-3-9-17(14)16/h2-13,18H,1H3. The highest BCUT2D eigenvalue weighted by molar-refractivity contribution is 5.86. The van der Waals surface area contributed by atoms with Gasteiger partial charge < -0.3 is 4.98 Å². The van der Waals surface area contributed by atoms with E-state index in [0.29, 0.717) is 0 Å². The number of rotatable bonds is 3. The Morgan fingerprint density at radius 2 is 1.84 bits per heavy atom. The minimum Gasteiger partial charge on any atom is -0.360 e. The molecule has 3 aromatic rings. The molecular weight excluding hydrogens is 232 g/mol. The molecule has 3 rings (SSSR count). The third kappa shape index (κ3) is 2.43. The summed E-state index contributed by atoms with van der Waals surface area (Å²) >= 11 is 0. The second kappa shape index (κ2) is 5.11. The lowest BCUT2D eigenvalue weighted by Gasteiger charge is -2.10. The zero-order valence-corrected chi connectivity index (χ0v) is 10.9. The maximum atomic E-state index is 4.63. The first kappa shape index (κ1) is 11.7. The fourth-order valence-electron chi connectivity index (χ4n) is 2.31. The van der Waals surface area contributed by atoms with E-state index in [0.717, 1.165) is 5.69 Å². The number of hydrogen-bond acceptors (Lipinski definition) is 1. The Kier molecular flexibility index (Phi) is 3.15. The van der Waals surface area contributed by atoms with Crippen LogP contribution in [0.3, 0.4) is 0 Å². The second-order valence-corrected chi connectivity index (χ2v) is 4.65. The number of nitrogens with zero attached hydrogens (tertiary/aromatic N) is 1. The van der Waals surface area contributed by atoms with Gasteiger partial charge in [0.25, 0.3) is 0 Å². The molecule has 2 nitrogen and oxygen atoms in total. The van der Waals surface area contributed by atoms with Gasteiger partial charge in [-0.1, -0.05) is 42.5 Å². The number of aliphatic imine (C=N–C) groups is 1. The van der Waals surface area contributed by atoms with Crippen molar-refractivity contribution in [2.45, 2.75) is 13.0 Å². The Bertz CT molecular complexity index is 691. The van der Waals surface area contributed by atoms with Crippen molar-refractivity contribution in [3.63, 3.8) is 0 Å². The first-order chi connectivity index (χ1) is 9.34. The van der Waals surface area contributed by atoms with Crippen LogP contribution in [0.1, 0.15) is 24.2 Å². The van der Waals surface area contributed by atoms with Gasteiger partial charge in [0.05, 0.1) is 11.7 Å². The van der Waals surface area contributed by atoms with Crippen LogP contribution < -0.4 is 0 Å². The first-order valence-corrected chi connectivity index (χ1v) is 6.49. The van der Waals surface area contributed by atoms with E-state index in [2.05, 4.69) is 59.4 Å². The number of aromatic nitrogens is 1. The van der Waals surface area contributed by atoms with Crippen LogP contribution in [0.4, 0.5) is 0 Å². The van der Waals surface area contributed by atoms with Crippen LogP contribution in [-0.4, -0.2) is 11.2 Å². The smallest absolute Gasteiger partial charge is 0.0727 e. The molecule has 2 aromatic carbocycles. The first-order valence-electron chi connectivity index (χ1n) is 6.49. The molecule has 1 heterocycles. The molecule has 1 N–H and O–H groups in total. The summed E-state index contributed by atoms with van der Waals surface area (Å²) in [5.41, 5.74) is 2.30. The van der Waals surface area contributed by atoms with Gasteiger partial charge in [-0.3, -0.25) is 4.99 Å². The molecule has 0 radical (unpaired) electrons. The number of fused-ring (bicyclic) bond motifs is 1. The fraction of sp³-hybridized carbons (Fsp3) is 0.118. The van der Waals surface area contributed by atoms with Gasteiger partial charge in [-0.2, -0.15) is 0 Å². The average Bonchev–Trinajstić information content (AvgIpc) is 2.97. The van der Waals surface area contributed by atoms with E-state index in [-0.39, 0.29) is 6.04 Å². The molecule has 1 aromatic heterocycles. The molecule has 0 saturated heterocycles. The van der Waals surface area contributed by atoms with E-state index in [4.69, 9.17) is 0 Å². The molecule has 0 fully saturated rings. The van der Waals surface area contributed by atoms with Crippen molar-refractivity contribution >= 4 is 17.0 Å². The van der Waals surface area contributed by atoms with Crippen molar-refractivity contribution in [3.05, 3.63) is 72.1 Å². The topological polar surface area (TPSA) is 28.1 Å². The molecule has 19 heavy (non-hydrogen) atoms. The quantitative estimate of drug-likeness (QED) is 0.668. The number of hydrogen-bond donors (Lipinski definition) is 1. The monoisotopic (exact) mass is 248 g/mol. The van der Waals surface area contributed by atoms with Crippen molar-refractivity contribution in [3.8, 4) is 0 Å². The third-order valence-corrected chi connectivity index (χ3v) is 3.33. The summed E-state index contributed by atoms with van der Waals surface area (Å²) in [6.07, 6.45) is 3.80. The molecule has 1 atom stereocenters. The second-order valence-electron chi connectivity index (χ2n) is 4.65. The summed E-state index contributed by atoms with van der Waals surface area (Å²) in [6, 6.07) is 19.0. The van der Waals surface area contributed by atoms with Crippen LogP contribution in [0.15, 0.2) is 65.8 Å². The highest BCUT2D eigenvalue weighted by atomic mass is 14.8. The number of H-pyrrole nitrogens is 1. The maximum Gasteiger partial charge on any atom is 0.0727 e. The average molecular weight is 248 g/mol. The van der Waals surface area contributed by atoms with Crippen LogP contribution in [0.25, 0.3) is 10.8 Å². The molecule has 0 aliphatic rings. The van der Waals surface area contributed by atoms with Crippen LogP contribution >= 0.6 is 0 Å². The van der Waals surface area contributed by atoms with Crippen molar-refractivity contribution in [2.75, 3.05) is 0 Å². The SMILES string of the molecule is CC(N=Cc1ccc[nH]1)c1cccc2ccccc12. The van der Waals surface area contributed by atoms with E-state index in [1.807, 2.05) is 24.5 Å². The van der Waals surface area contributed by atoms with E-state index >= 15 is 0 Å². The highest BCUT2D eigenvalue weighted by Crippen LogP contribution is 2.26. The van der Waals surface area contributed by atoms with Crippen LogP contribution in [0.2, 0.25) is 0 Å².